The van der Waals surface area contributed by atoms with Crippen LogP contribution in [0.1, 0.15) is 60.5 Å². The summed E-state index contributed by atoms with van der Waals surface area (Å²) >= 11 is 0. The quantitative estimate of drug-likeness (QED) is 0.741. The van der Waals surface area contributed by atoms with Crippen molar-refractivity contribution in [3.8, 4) is 6.07 Å². The molecule has 1 amide bonds. The van der Waals surface area contributed by atoms with E-state index in [4.69, 9.17) is 14.4 Å². The number of carbonyl (C=O) groups excluding carboxylic acids is 1. The zero-order valence-corrected chi connectivity index (χ0v) is 16.5. The van der Waals surface area contributed by atoms with Crippen molar-refractivity contribution in [2.45, 2.75) is 44.1 Å². The SMILES string of the molecule is CC(CNc1ccc(C#N)cn1)(NC(=O)c1coc(C2CCOCC2)n1)C1CC1. The molecule has 2 aliphatic rings. The van der Waals surface area contributed by atoms with Crippen LogP contribution in [0.15, 0.2) is 29.0 Å². The van der Waals surface area contributed by atoms with E-state index in [9.17, 15) is 4.79 Å². The van der Waals surface area contributed by atoms with Gasteiger partial charge in [0, 0.05) is 31.9 Å². The first kappa shape index (κ1) is 19.4. The van der Waals surface area contributed by atoms with Crippen LogP contribution in [0.4, 0.5) is 5.82 Å². The van der Waals surface area contributed by atoms with Gasteiger partial charge in [0.1, 0.15) is 18.2 Å². The van der Waals surface area contributed by atoms with Crippen LogP contribution in [0, 0.1) is 17.2 Å². The zero-order valence-electron chi connectivity index (χ0n) is 16.5. The Kier molecular flexibility index (Phi) is 5.49. The molecule has 2 aromatic rings. The number of oxazole rings is 1. The minimum atomic E-state index is -0.426. The smallest absolute Gasteiger partial charge is 0.273 e. The summed E-state index contributed by atoms with van der Waals surface area (Å²) in [6.07, 6.45) is 6.86. The largest absolute Gasteiger partial charge is 0.448 e. The lowest BCUT2D eigenvalue weighted by Crippen LogP contribution is -2.52. The fourth-order valence-electron chi connectivity index (χ4n) is 3.70. The van der Waals surface area contributed by atoms with Gasteiger partial charge in [-0.15, -0.1) is 0 Å². The van der Waals surface area contributed by atoms with Crippen molar-refractivity contribution < 1.29 is 13.9 Å². The molecule has 8 nitrogen and oxygen atoms in total. The van der Waals surface area contributed by atoms with E-state index in [1.807, 2.05) is 6.92 Å². The number of aromatic nitrogens is 2. The van der Waals surface area contributed by atoms with Crippen molar-refractivity contribution >= 4 is 11.7 Å². The molecule has 2 N–H and O–H groups in total. The van der Waals surface area contributed by atoms with Gasteiger partial charge in [0.15, 0.2) is 11.6 Å². The van der Waals surface area contributed by atoms with Crippen LogP contribution in [0.2, 0.25) is 0 Å². The van der Waals surface area contributed by atoms with Gasteiger partial charge in [-0.3, -0.25) is 4.79 Å². The monoisotopic (exact) mass is 395 g/mol. The number of nitriles is 1. The van der Waals surface area contributed by atoms with Crippen LogP contribution in [0.3, 0.4) is 0 Å². The highest BCUT2D eigenvalue weighted by atomic mass is 16.5. The van der Waals surface area contributed by atoms with Gasteiger partial charge in [-0.25, -0.2) is 9.97 Å². The summed E-state index contributed by atoms with van der Waals surface area (Å²) in [7, 11) is 0. The van der Waals surface area contributed by atoms with Gasteiger partial charge in [0.25, 0.3) is 5.91 Å². The highest BCUT2D eigenvalue weighted by molar-refractivity contribution is 5.92. The van der Waals surface area contributed by atoms with Crippen molar-refractivity contribution in [3.63, 3.8) is 0 Å². The van der Waals surface area contributed by atoms with Crippen LogP contribution in [-0.2, 0) is 4.74 Å². The topological polar surface area (TPSA) is 113 Å². The second-order valence-electron chi connectivity index (χ2n) is 8.00. The average Bonchev–Trinajstić information content (AvgIpc) is 3.51. The predicted molar refractivity (Wildman–Crippen MR) is 105 cm³/mol. The molecule has 29 heavy (non-hydrogen) atoms. The van der Waals surface area contributed by atoms with E-state index in [0.29, 0.717) is 48.6 Å². The second-order valence-corrected chi connectivity index (χ2v) is 8.00. The first-order valence-corrected chi connectivity index (χ1v) is 10.0. The van der Waals surface area contributed by atoms with Gasteiger partial charge < -0.3 is 19.8 Å². The molecular formula is C21H25N5O3. The predicted octanol–water partition coefficient (Wildman–Crippen LogP) is 2.85. The molecule has 8 heteroatoms. The molecule has 4 rings (SSSR count). The number of hydrogen-bond acceptors (Lipinski definition) is 7. The Balaban J connectivity index is 1.40. The van der Waals surface area contributed by atoms with Crippen molar-refractivity contribution in [2.75, 3.05) is 25.1 Å². The minimum Gasteiger partial charge on any atom is -0.448 e. The summed E-state index contributed by atoms with van der Waals surface area (Å²) in [4.78, 5) is 21.5. The summed E-state index contributed by atoms with van der Waals surface area (Å²) in [5.41, 5.74) is 0.403. The normalized spacial score (nSPS) is 19.2. The summed E-state index contributed by atoms with van der Waals surface area (Å²) in [5, 5.41) is 15.3. The van der Waals surface area contributed by atoms with Gasteiger partial charge in [-0.2, -0.15) is 5.26 Å². The van der Waals surface area contributed by atoms with Crippen molar-refractivity contribution in [1.82, 2.24) is 15.3 Å². The van der Waals surface area contributed by atoms with Gasteiger partial charge in [0.2, 0.25) is 0 Å². The maximum atomic E-state index is 12.8. The number of nitrogens with one attached hydrogen (secondary N) is 2. The first-order chi connectivity index (χ1) is 14.1. The number of hydrogen-bond donors (Lipinski definition) is 2. The third kappa shape index (κ3) is 4.57. The molecule has 0 bridgehead atoms. The first-order valence-electron chi connectivity index (χ1n) is 10.0. The van der Waals surface area contributed by atoms with Crippen molar-refractivity contribution in [2.24, 2.45) is 5.92 Å². The zero-order chi connectivity index (χ0) is 20.3. The highest BCUT2D eigenvalue weighted by Gasteiger charge is 2.43. The third-order valence-electron chi connectivity index (χ3n) is 5.73. The van der Waals surface area contributed by atoms with Gasteiger partial charge in [-0.1, -0.05) is 0 Å². The third-order valence-corrected chi connectivity index (χ3v) is 5.73. The molecule has 1 aliphatic carbocycles. The average molecular weight is 395 g/mol. The molecule has 1 aliphatic heterocycles. The van der Waals surface area contributed by atoms with E-state index < -0.39 is 5.54 Å². The molecule has 0 spiro atoms. The lowest BCUT2D eigenvalue weighted by atomic mass is 9.95. The van der Waals surface area contributed by atoms with E-state index in [0.717, 1.165) is 25.7 Å². The molecule has 2 aromatic heterocycles. The number of ether oxygens (including phenoxy) is 1. The second kappa shape index (κ2) is 8.21. The van der Waals surface area contributed by atoms with E-state index in [1.165, 1.54) is 12.5 Å². The van der Waals surface area contributed by atoms with Gasteiger partial charge >= 0.3 is 0 Å². The van der Waals surface area contributed by atoms with Crippen LogP contribution in [-0.4, -0.2) is 41.2 Å². The van der Waals surface area contributed by atoms with E-state index in [1.54, 1.807) is 12.1 Å². The van der Waals surface area contributed by atoms with Crippen LogP contribution in [0.25, 0.3) is 0 Å². The Bertz CT molecular complexity index is 894. The Morgan fingerprint density at radius 3 is 2.76 bits per heavy atom. The van der Waals surface area contributed by atoms with E-state index in [2.05, 4.69) is 26.7 Å². The summed E-state index contributed by atoms with van der Waals surface area (Å²) < 4.78 is 11.0. The van der Waals surface area contributed by atoms with Crippen molar-refractivity contribution in [3.05, 3.63) is 41.7 Å². The standard InChI is InChI=1S/C21H25N5O3/c1-21(16-3-4-16,13-24-18-5-2-14(10-22)11-23-18)26-19(27)17-12-29-20(25-17)15-6-8-28-9-7-15/h2,5,11-12,15-16H,3-4,6-9,13H2,1H3,(H,23,24)(H,26,27). The number of amides is 1. The van der Waals surface area contributed by atoms with Gasteiger partial charge in [0.05, 0.1) is 11.1 Å². The molecule has 1 saturated carbocycles. The molecule has 152 valence electrons. The lowest BCUT2D eigenvalue weighted by molar-refractivity contribution is 0.0794. The number of pyridine rings is 1. The molecule has 1 unspecified atom stereocenters. The molecule has 0 aromatic carbocycles. The Hall–Kier alpha value is -2.92. The Labute approximate surface area is 169 Å². The lowest BCUT2D eigenvalue weighted by Gasteiger charge is -2.31. The maximum Gasteiger partial charge on any atom is 0.273 e. The molecule has 1 atom stereocenters. The highest BCUT2D eigenvalue weighted by Crippen LogP contribution is 2.40. The molecule has 1 saturated heterocycles. The molecular weight excluding hydrogens is 370 g/mol. The Morgan fingerprint density at radius 2 is 2.10 bits per heavy atom. The van der Waals surface area contributed by atoms with E-state index >= 15 is 0 Å². The fraction of sp³-hybridized carbons (Fsp3) is 0.524. The molecule has 0 radical (unpaired) electrons. The van der Waals surface area contributed by atoms with Crippen LogP contribution in [0.5, 0.6) is 0 Å². The Morgan fingerprint density at radius 1 is 1.31 bits per heavy atom. The van der Waals surface area contributed by atoms with Crippen molar-refractivity contribution in [1.29, 1.82) is 5.26 Å². The number of nitrogens with zero attached hydrogens (tertiary/aromatic N) is 3. The number of anilines is 1. The maximum absolute atomic E-state index is 12.8. The van der Waals surface area contributed by atoms with Gasteiger partial charge in [-0.05, 0) is 50.7 Å². The van der Waals surface area contributed by atoms with E-state index in [-0.39, 0.29) is 11.8 Å². The van der Waals surface area contributed by atoms with Crippen LogP contribution < -0.4 is 10.6 Å². The summed E-state index contributed by atoms with van der Waals surface area (Å²) in [6, 6.07) is 5.54. The molecule has 3 heterocycles. The number of carbonyl (C=O) groups is 1. The summed E-state index contributed by atoms with van der Waals surface area (Å²) in [5.74, 6) is 1.68. The molecule has 2 fully saturated rings. The van der Waals surface area contributed by atoms with Crippen LogP contribution >= 0.6 is 0 Å². The fourth-order valence-corrected chi connectivity index (χ4v) is 3.70. The minimum absolute atomic E-state index is 0.212. The summed E-state index contributed by atoms with van der Waals surface area (Å²) in [6.45, 7) is 3.97. The number of rotatable bonds is 7.